The van der Waals surface area contributed by atoms with E-state index in [0.29, 0.717) is 0 Å². The smallest absolute Gasteiger partial charge is 0.0897 e. The van der Waals surface area contributed by atoms with Crippen molar-refractivity contribution in [2.24, 2.45) is 0 Å². The number of unbranched alkanes of at least 4 members (excludes halogenated alkanes) is 9. The Labute approximate surface area is 161 Å². The van der Waals surface area contributed by atoms with Gasteiger partial charge in [-0.25, -0.2) is 0 Å². The highest BCUT2D eigenvalue weighted by molar-refractivity contribution is 5.47. The molecule has 2 rings (SSSR count). The first kappa shape index (κ1) is 20.6. The second-order valence-electron chi connectivity index (χ2n) is 7.63. The lowest BCUT2D eigenvalue weighted by molar-refractivity contribution is 0.256. The third kappa shape index (κ3) is 8.12. The first-order valence-corrected chi connectivity index (χ1v) is 10.7. The van der Waals surface area contributed by atoms with Crippen molar-refractivity contribution in [1.82, 2.24) is 9.80 Å². The van der Waals surface area contributed by atoms with E-state index in [-0.39, 0.29) is 0 Å². The molecule has 0 unspecified atom stereocenters. The molecule has 1 heterocycles. The summed E-state index contributed by atoms with van der Waals surface area (Å²) < 4.78 is 0. The van der Waals surface area contributed by atoms with Crippen LogP contribution < -0.4 is 0 Å². The van der Waals surface area contributed by atoms with E-state index in [0.717, 1.165) is 13.2 Å². The number of rotatable bonds is 14. The Morgan fingerprint density at radius 3 is 2.00 bits per heavy atom. The van der Waals surface area contributed by atoms with Gasteiger partial charge in [0.1, 0.15) is 0 Å². The molecule has 0 amide bonds. The van der Waals surface area contributed by atoms with Crippen LogP contribution in [0.25, 0.3) is 6.08 Å². The van der Waals surface area contributed by atoms with E-state index in [9.17, 15) is 0 Å². The topological polar surface area (TPSA) is 6.48 Å². The Bertz CT molecular complexity index is 518. The largest absolute Gasteiger partial charge is 0.359 e. The van der Waals surface area contributed by atoms with E-state index >= 15 is 0 Å². The molecule has 0 aromatic heterocycles. The Balaban J connectivity index is 1.48. The van der Waals surface area contributed by atoms with E-state index in [1.165, 1.54) is 81.9 Å². The third-order valence-corrected chi connectivity index (χ3v) is 5.25. The van der Waals surface area contributed by atoms with Gasteiger partial charge in [-0.05, 0) is 17.5 Å². The maximum absolute atomic E-state index is 3.81. The maximum Gasteiger partial charge on any atom is 0.0897 e. The van der Waals surface area contributed by atoms with Gasteiger partial charge in [0.25, 0.3) is 0 Å². The van der Waals surface area contributed by atoms with Crippen LogP contribution in [0.2, 0.25) is 0 Å². The van der Waals surface area contributed by atoms with Crippen LogP contribution in [0.1, 0.15) is 82.3 Å². The third-order valence-electron chi connectivity index (χ3n) is 5.25. The standard InChI is InChI=1S/C24H38N2/c1-3-5-6-7-8-9-10-11-12-13-18-25-19-20-26(22-25)21-24-16-14-23(4-2)15-17-24/h4,14-17,19-20H,2-3,5-13,18,21-22H2,1H3. The highest BCUT2D eigenvalue weighted by Gasteiger charge is 2.11. The molecule has 0 saturated heterocycles. The molecule has 1 aliphatic rings. The van der Waals surface area contributed by atoms with Gasteiger partial charge >= 0.3 is 0 Å². The molecule has 1 aromatic carbocycles. The van der Waals surface area contributed by atoms with Crippen LogP contribution in [0.3, 0.4) is 0 Å². The van der Waals surface area contributed by atoms with Gasteiger partial charge in [0, 0.05) is 25.5 Å². The molecule has 26 heavy (non-hydrogen) atoms. The molecule has 0 saturated carbocycles. The lowest BCUT2D eigenvalue weighted by Crippen LogP contribution is -2.25. The lowest BCUT2D eigenvalue weighted by atomic mass is 10.1. The van der Waals surface area contributed by atoms with Gasteiger partial charge in [0.15, 0.2) is 0 Å². The van der Waals surface area contributed by atoms with Crippen molar-refractivity contribution in [2.45, 2.75) is 77.7 Å². The Kier molecular flexibility index (Phi) is 10.0. The second-order valence-corrected chi connectivity index (χ2v) is 7.63. The lowest BCUT2D eigenvalue weighted by Gasteiger charge is -2.21. The minimum absolute atomic E-state index is 0.989. The van der Waals surface area contributed by atoms with Gasteiger partial charge < -0.3 is 9.80 Å². The zero-order valence-electron chi connectivity index (χ0n) is 16.8. The van der Waals surface area contributed by atoms with E-state index in [1.54, 1.807) is 0 Å². The SMILES string of the molecule is C=Cc1ccc(CN2C=CN(CCCCCCCCCCCC)C2)cc1. The fourth-order valence-corrected chi connectivity index (χ4v) is 3.56. The predicted molar refractivity (Wildman–Crippen MR) is 115 cm³/mol. The zero-order valence-corrected chi connectivity index (χ0v) is 16.8. The molecule has 2 heteroatoms. The first-order valence-electron chi connectivity index (χ1n) is 10.7. The Hall–Kier alpha value is -1.70. The van der Waals surface area contributed by atoms with Crippen LogP contribution in [-0.2, 0) is 6.54 Å². The van der Waals surface area contributed by atoms with Crippen LogP contribution in [0.4, 0.5) is 0 Å². The molecule has 0 N–H and O–H groups in total. The molecule has 0 bridgehead atoms. The fourth-order valence-electron chi connectivity index (χ4n) is 3.56. The maximum atomic E-state index is 3.81. The van der Waals surface area contributed by atoms with Crippen molar-refractivity contribution in [3.05, 3.63) is 54.4 Å². The van der Waals surface area contributed by atoms with Gasteiger partial charge in [-0.15, -0.1) is 0 Å². The quantitative estimate of drug-likeness (QED) is 0.339. The summed E-state index contributed by atoms with van der Waals surface area (Å²) in [6.45, 7) is 9.31. The minimum atomic E-state index is 0.989. The van der Waals surface area contributed by atoms with Gasteiger partial charge in [-0.2, -0.15) is 0 Å². The number of nitrogens with zero attached hydrogens (tertiary/aromatic N) is 2. The normalized spacial score (nSPS) is 13.6. The average molecular weight is 355 g/mol. The second kappa shape index (κ2) is 12.6. The Morgan fingerprint density at radius 2 is 1.38 bits per heavy atom. The summed E-state index contributed by atoms with van der Waals surface area (Å²) in [5.41, 5.74) is 2.55. The molecule has 0 spiro atoms. The summed E-state index contributed by atoms with van der Waals surface area (Å²) >= 11 is 0. The molecule has 1 aliphatic heterocycles. The zero-order chi connectivity index (χ0) is 18.5. The van der Waals surface area contributed by atoms with Crippen molar-refractivity contribution in [2.75, 3.05) is 13.2 Å². The monoisotopic (exact) mass is 354 g/mol. The van der Waals surface area contributed by atoms with Crippen LogP contribution >= 0.6 is 0 Å². The summed E-state index contributed by atoms with van der Waals surface area (Å²) in [5, 5.41) is 0. The molecule has 2 nitrogen and oxygen atoms in total. The molecule has 0 radical (unpaired) electrons. The van der Waals surface area contributed by atoms with E-state index in [2.05, 4.69) is 60.0 Å². The van der Waals surface area contributed by atoms with Crippen molar-refractivity contribution < 1.29 is 0 Å². The van der Waals surface area contributed by atoms with Crippen molar-refractivity contribution in [3.63, 3.8) is 0 Å². The van der Waals surface area contributed by atoms with Crippen molar-refractivity contribution in [1.29, 1.82) is 0 Å². The minimum Gasteiger partial charge on any atom is -0.359 e. The van der Waals surface area contributed by atoms with Crippen LogP contribution in [0.5, 0.6) is 0 Å². The summed E-state index contributed by atoms with van der Waals surface area (Å²) in [4.78, 5) is 4.84. The van der Waals surface area contributed by atoms with Crippen LogP contribution in [-0.4, -0.2) is 23.0 Å². The molecular formula is C24H38N2. The highest BCUT2D eigenvalue weighted by Crippen LogP contribution is 2.15. The summed E-state index contributed by atoms with van der Waals surface area (Å²) in [6, 6.07) is 8.69. The van der Waals surface area contributed by atoms with Gasteiger partial charge in [0.05, 0.1) is 6.67 Å². The summed E-state index contributed by atoms with van der Waals surface area (Å²) in [6.07, 6.45) is 20.4. The number of hydrogen-bond acceptors (Lipinski definition) is 2. The molecule has 0 fully saturated rings. The van der Waals surface area contributed by atoms with Crippen molar-refractivity contribution >= 4 is 6.08 Å². The Morgan fingerprint density at radius 1 is 0.808 bits per heavy atom. The molecule has 0 aliphatic carbocycles. The molecule has 1 aromatic rings. The molecular weight excluding hydrogens is 316 g/mol. The average Bonchev–Trinajstić information content (AvgIpc) is 3.11. The summed E-state index contributed by atoms with van der Waals surface area (Å²) in [7, 11) is 0. The van der Waals surface area contributed by atoms with Gasteiger partial charge in [-0.1, -0.05) is 102 Å². The van der Waals surface area contributed by atoms with Gasteiger partial charge in [0.2, 0.25) is 0 Å². The van der Waals surface area contributed by atoms with Crippen LogP contribution in [0.15, 0.2) is 43.2 Å². The number of benzene rings is 1. The van der Waals surface area contributed by atoms with Gasteiger partial charge in [-0.3, -0.25) is 0 Å². The van der Waals surface area contributed by atoms with E-state index in [1.807, 2.05) is 6.08 Å². The fraction of sp³-hybridized carbons (Fsp3) is 0.583. The van der Waals surface area contributed by atoms with Crippen LogP contribution in [0, 0.1) is 0 Å². The van der Waals surface area contributed by atoms with Crippen molar-refractivity contribution in [3.8, 4) is 0 Å². The molecule has 144 valence electrons. The first-order chi connectivity index (χ1) is 12.8. The summed E-state index contributed by atoms with van der Waals surface area (Å²) in [5.74, 6) is 0. The molecule has 0 atom stereocenters. The highest BCUT2D eigenvalue weighted by atomic mass is 15.3. The predicted octanol–water partition coefficient (Wildman–Crippen LogP) is 6.80. The van der Waals surface area contributed by atoms with E-state index < -0.39 is 0 Å². The number of hydrogen-bond donors (Lipinski definition) is 0. The van der Waals surface area contributed by atoms with E-state index in [4.69, 9.17) is 0 Å².